The second-order valence-corrected chi connectivity index (χ2v) is 7.64. The number of nitrogens with zero attached hydrogens (tertiary/aromatic N) is 2. The predicted octanol–water partition coefficient (Wildman–Crippen LogP) is 1.57. The lowest BCUT2D eigenvalue weighted by Gasteiger charge is -2.30. The van der Waals surface area contributed by atoms with Gasteiger partial charge in [0.05, 0.1) is 18.6 Å². The topological polar surface area (TPSA) is 66.9 Å². The van der Waals surface area contributed by atoms with Gasteiger partial charge in [-0.2, -0.15) is 0 Å². The van der Waals surface area contributed by atoms with E-state index in [4.69, 9.17) is 4.84 Å². The fraction of sp³-hybridized carbons (Fsp3) is 0.533. The first kappa shape index (κ1) is 15.3. The van der Waals surface area contributed by atoms with Crippen LogP contribution in [0.3, 0.4) is 0 Å². The average molecular weight is 324 g/mol. The summed E-state index contributed by atoms with van der Waals surface area (Å²) in [4.78, 5) is 17.8. The number of anilines is 1. The van der Waals surface area contributed by atoms with Crippen LogP contribution in [0.1, 0.15) is 35.2 Å². The molecule has 1 aromatic rings. The number of benzene rings is 1. The standard InChI is InChI=1S/C15H20N2O4S/c1-22(19,20)17-9-4-5-12-11-13(6-7-14(12)17)15(18)16-8-2-3-10-21-16/h6-7,11H,2-5,8-10H2,1H3. The molecule has 2 heterocycles. The second kappa shape index (κ2) is 5.89. The molecule has 1 fully saturated rings. The normalized spacial score (nSPS) is 19.0. The minimum atomic E-state index is -3.28. The highest BCUT2D eigenvalue weighted by molar-refractivity contribution is 7.92. The number of sulfonamides is 1. The van der Waals surface area contributed by atoms with E-state index in [0.29, 0.717) is 30.9 Å². The highest BCUT2D eigenvalue weighted by Gasteiger charge is 2.26. The predicted molar refractivity (Wildman–Crippen MR) is 83.2 cm³/mol. The van der Waals surface area contributed by atoms with E-state index >= 15 is 0 Å². The Balaban J connectivity index is 1.89. The Bertz CT molecular complexity index is 681. The number of hydroxylamine groups is 2. The first-order valence-corrected chi connectivity index (χ1v) is 9.37. The van der Waals surface area contributed by atoms with Gasteiger partial charge < -0.3 is 0 Å². The van der Waals surface area contributed by atoms with Crippen molar-refractivity contribution in [1.29, 1.82) is 0 Å². The zero-order valence-corrected chi connectivity index (χ0v) is 13.4. The van der Waals surface area contributed by atoms with Crippen LogP contribution in [0.15, 0.2) is 18.2 Å². The molecule has 1 amide bonds. The highest BCUT2D eigenvalue weighted by Crippen LogP contribution is 2.30. The molecule has 0 atom stereocenters. The van der Waals surface area contributed by atoms with Crippen molar-refractivity contribution in [2.45, 2.75) is 25.7 Å². The quantitative estimate of drug-likeness (QED) is 0.828. The molecule has 7 heteroatoms. The summed E-state index contributed by atoms with van der Waals surface area (Å²) in [5.74, 6) is -0.154. The second-order valence-electron chi connectivity index (χ2n) is 5.73. The maximum absolute atomic E-state index is 12.4. The summed E-state index contributed by atoms with van der Waals surface area (Å²) in [6.07, 6.45) is 4.67. The van der Waals surface area contributed by atoms with Gasteiger partial charge in [-0.25, -0.2) is 13.5 Å². The third-order valence-corrected chi connectivity index (χ3v) is 5.21. The zero-order valence-electron chi connectivity index (χ0n) is 12.6. The number of carbonyl (C=O) groups is 1. The van der Waals surface area contributed by atoms with Crippen LogP contribution in [0.2, 0.25) is 0 Å². The van der Waals surface area contributed by atoms with Crippen molar-refractivity contribution in [1.82, 2.24) is 5.06 Å². The van der Waals surface area contributed by atoms with Crippen molar-refractivity contribution < 1.29 is 18.0 Å². The molecule has 0 aromatic heterocycles. The van der Waals surface area contributed by atoms with Gasteiger partial charge in [0.1, 0.15) is 0 Å². The van der Waals surface area contributed by atoms with Crippen LogP contribution in [0.4, 0.5) is 5.69 Å². The van der Waals surface area contributed by atoms with Crippen molar-refractivity contribution in [2.24, 2.45) is 0 Å². The molecule has 2 aliphatic heterocycles. The first-order valence-electron chi connectivity index (χ1n) is 7.52. The van der Waals surface area contributed by atoms with Crippen molar-refractivity contribution in [3.8, 4) is 0 Å². The number of rotatable bonds is 2. The number of amides is 1. The lowest BCUT2D eigenvalue weighted by Crippen LogP contribution is -2.36. The summed E-state index contributed by atoms with van der Waals surface area (Å²) >= 11 is 0. The van der Waals surface area contributed by atoms with Crippen molar-refractivity contribution in [3.05, 3.63) is 29.3 Å². The van der Waals surface area contributed by atoms with Crippen LogP contribution in [0.25, 0.3) is 0 Å². The molecule has 0 saturated carbocycles. The third-order valence-electron chi connectivity index (χ3n) is 4.03. The van der Waals surface area contributed by atoms with Gasteiger partial charge in [-0.3, -0.25) is 13.9 Å². The monoisotopic (exact) mass is 324 g/mol. The summed E-state index contributed by atoms with van der Waals surface area (Å²) < 4.78 is 25.1. The fourth-order valence-electron chi connectivity index (χ4n) is 2.94. The zero-order chi connectivity index (χ0) is 15.7. The lowest BCUT2D eigenvalue weighted by atomic mass is 10.0. The van der Waals surface area contributed by atoms with E-state index in [1.165, 1.54) is 15.6 Å². The Labute approximate surface area is 130 Å². The molecule has 3 rings (SSSR count). The van der Waals surface area contributed by atoms with E-state index in [1.807, 2.05) is 0 Å². The maximum Gasteiger partial charge on any atom is 0.277 e. The van der Waals surface area contributed by atoms with Crippen molar-refractivity contribution in [3.63, 3.8) is 0 Å². The third kappa shape index (κ3) is 2.96. The van der Waals surface area contributed by atoms with Crippen LogP contribution < -0.4 is 4.31 Å². The minimum absolute atomic E-state index is 0.154. The van der Waals surface area contributed by atoms with Gasteiger partial charge >= 0.3 is 0 Å². The van der Waals surface area contributed by atoms with E-state index in [0.717, 1.165) is 31.2 Å². The van der Waals surface area contributed by atoms with Crippen LogP contribution in [0.5, 0.6) is 0 Å². The number of hydrogen-bond donors (Lipinski definition) is 0. The van der Waals surface area contributed by atoms with Gasteiger partial charge in [0.15, 0.2) is 0 Å². The van der Waals surface area contributed by atoms with Gasteiger partial charge in [-0.05, 0) is 49.4 Å². The molecule has 0 aliphatic carbocycles. The van der Waals surface area contributed by atoms with Gasteiger partial charge in [-0.1, -0.05) is 0 Å². The van der Waals surface area contributed by atoms with E-state index in [2.05, 4.69) is 0 Å². The van der Waals surface area contributed by atoms with E-state index in [1.54, 1.807) is 18.2 Å². The number of aryl methyl sites for hydroxylation is 1. The van der Waals surface area contributed by atoms with Crippen molar-refractivity contribution >= 4 is 21.6 Å². The summed E-state index contributed by atoms with van der Waals surface area (Å²) in [5, 5.41) is 1.41. The molecule has 0 unspecified atom stereocenters. The molecule has 1 aromatic carbocycles. The summed E-state index contributed by atoms with van der Waals surface area (Å²) in [5.41, 5.74) is 2.14. The fourth-order valence-corrected chi connectivity index (χ4v) is 3.94. The Hall–Kier alpha value is -1.60. The molecule has 0 spiro atoms. The molecule has 0 N–H and O–H groups in total. The average Bonchev–Trinajstić information content (AvgIpc) is 2.53. The van der Waals surface area contributed by atoms with Crippen LogP contribution in [-0.2, 0) is 21.3 Å². The molecule has 0 radical (unpaired) electrons. The molecular formula is C15H20N2O4S. The first-order chi connectivity index (χ1) is 10.5. The van der Waals surface area contributed by atoms with Gasteiger partial charge in [0.2, 0.25) is 10.0 Å². The van der Waals surface area contributed by atoms with E-state index in [9.17, 15) is 13.2 Å². The van der Waals surface area contributed by atoms with E-state index in [-0.39, 0.29) is 5.91 Å². The molecular weight excluding hydrogens is 304 g/mol. The van der Waals surface area contributed by atoms with Crippen molar-refractivity contribution in [2.75, 3.05) is 30.3 Å². The van der Waals surface area contributed by atoms with E-state index < -0.39 is 10.0 Å². The molecule has 0 bridgehead atoms. The molecule has 1 saturated heterocycles. The van der Waals surface area contributed by atoms with Crippen LogP contribution in [0, 0.1) is 0 Å². The summed E-state index contributed by atoms with van der Waals surface area (Å²) in [6, 6.07) is 5.21. The summed E-state index contributed by atoms with van der Waals surface area (Å²) in [6.45, 7) is 1.66. The van der Waals surface area contributed by atoms with Crippen LogP contribution >= 0.6 is 0 Å². The smallest absolute Gasteiger partial charge is 0.271 e. The Morgan fingerprint density at radius 2 is 2.00 bits per heavy atom. The largest absolute Gasteiger partial charge is 0.277 e. The SMILES string of the molecule is CS(=O)(=O)N1CCCc2cc(C(=O)N3CCCCO3)ccc21. The number of hydrogen-bond acceptors (Lipinski definition) is 4. The van der Waals surface area contributed by atoms with Gasteiger partial charge in [-0.15, -0.1) is 0 Å². The lowest BCUT2D eigenvalue weighted by molar-refractivity contribution is -0.144. The van der Waals surface area contributed by atoms with Crippen LogP contribution in [-0.4, -0.2) is 45.3 Å². The molecule has 6 nitrogen and oxygen atoms in total. The van der Waals surface area contributed by atoms with Gasteiger partial charge in [0.25, 0.3) is 5.91 Å². The molecule has 120 valence electrons. The maximum atomic E-state index is 12.4. The number of carbonyl (C=O) groups excluding carboxylic acids is 1. The summed E-state index contributed by atoms with van der Waals surface area (Å²) in [7, 11) is -3.28. The number of fused-ring (bicyclic) bond motifs is 1. The minimum Gasteiger partial charge on any atom is -0.271 e. The molecule has 2 aliphatic rings. The Morgan fingerprint density at radius 1 is 1.18 bits per heavy atom. The Kier molecular flexibility index (Phi) is 4.10. The highest BCUT2D eigenvalue weighted by atomic mass is 32.2. The Morgan fingerprint density at radius 3 is 2.68 bits per heavy atom. The molecule has 22 heavy (non-hydrogen) atoms. The van der Waals surface area contributed by atoms with Gasteiger partial charge in [0, 0.05) is 18.7 Å².